The molecule has 2 aromatic rings. The van der Waals surface area contributed by atoms with E-state index < -0.39 is 10.0 Å². The Morgan fingerprint density at radius 3 is 2.19 bits per heavy atom. The summed E-state index contributed by atoms with van der Waals surface area (Å²) in [6.45, 7) is 8.66. The molecule has 1 N–H and O–H groups in total. The molecule has 1 aliphatic rings. The Morgan fingerprint density at radius 1 is 0.935 bits per heavy atom. The molecule has 0 atom stereocenters. The lowest BCUT2D eigenvalue weighted by molar-refractivity contribution is -0.130. The maximum Gasteiger partial charge on any atom is 0.243 e. The second-order valence-corrected chi connectivity index (χ2v) is 9.51. The molecular formula is C23H32N4O3S. The smallest absolute Gasteiger partial charge is 0.243 e. The molecule has 3 rings (SSSR count). The number of amides is 1. The summed E-state index contributed by atoms with van der Waals surface area (Å²) in [7, 11) is -3.51. The number of carbonyl (C=O) groups is 1. The molecule has 0 saturated carbocycles. The third-order valence-electron chi connectivity index (χ3n) is 5.71. The van der Waals surface area contributed by atoms with E-state index in [1.165, 1.54) is 4.31 Å². The lowest BCUT2D eigenvalue weighted by Crippen LogP contribution is -2.51. The molecule has 1 heterocycles. The van der Waals surface area contributed by atoms with E-state index in [0.717, 1.165) is 30.9 Å². The molecule has 0 aliphatic carbocycles. The number of anilines is 1. The number of para-hydroxylation sites is 1. The van der Waals surface area contributed by atoms with Crippen LogP contribution in [0, 0.1) is 0 Å². The predicted molar refractivity (Wildman–Crippen MR) is 123 cm³/mol. The van der Waals surface area contributed by atoms with Gasteiger partial charge in [-0.25, -0.2) is 8.42 Å². The molecule has 0 aromatic heterocycles. The minimum atomic E-state index is -3.51. The number of sulfonamides is 1. The average Bonchev–Trinajstić information content (AvgIpc) is 2.82. The van der Waals surface area contributed by atoms with Crippen LogP contribution in [0.1, 0.15) is 19.4 Å². The van der Waals surface area contributed by atoms with Crippen molar-refractivity contribution in [1.82, 2.24) is 14.1 Å². The Morgan fingerprint density at radius 2 is 1.55 bits per heavy atom. The van der Waals surface area contributed by atoms with Crippen LogP contribution in [-0.4, -0.2) is 74.2 Å². The Hall–Kier alpha value is -2.42. The standard InChI is InChI=1S/C23H32N4O3S/c1-3-25(4-2)19-20-10-8-9-13-22(20)24-18-23(28)26-14-16-27(17-15-26)31(29,30)21-11-6-5-7-12-21/h5-13,24H,3-4,14-19H2,1-2H3. The van der Waals surface area contributed by atoms with Gasteiger partial charge in [-0.3, -0.25) is 9.69 Å². The third kappa shape index (κ3) is 5.84. The summed E-state index contributed by atoms with van der Waals surface area (Å²) in [6.07, 6.45) is 0. The summed E-state index contributed by atoms with van der Waals surface area (Å²) < 4.78 is 27.0. The van der Waals surface area contributed by atoms with Gasteiger partial charge in [0.25, 0.3) is 0 Å². The number of nitrogens with zero attached hydrogens (tertiary/aromatic N) is 3. The van der Waals surface area contributed by atoms with Gasteiger partial charge in [0, 0.05) is 38.4 Å². The van der Waals surface area contributed by atoms with Crippen molar-refractivity contribution < 1.29 is 13.2 Å². The highest BCUT2D eigenvalue weighted by atomic mass is 32.2. The van der Waals surface area contributed by atoms with Crippen LogP contribution >= 0.6 is 0 Å². The summed E-state index contributed by atoms with van der Waals surface area (Å²) in [4.78, 5) is 17.1. The first-order chi connectivity index (χ1) is 15.0. The van der Waals surface area contributed by atoms with Crippen molar-refractivity contribution in [2.75, 3.05) is 51.1 Å². The molecule has 168 valence electrons. The largest absolute Gasteiger partial charge is 0.376 e. The van der Waals surface area contributed by atoms with Crippen molar-refractivity contribution in [3.63, 3.8) is 0 Å². The zero-order valence-corrected chi connectivity index (χ0v) is 19.1. The van der Waals surface area contributed by atoms with Gasteiger partial charge in [-0.2, -0.15) is 4.31 Å². The fourth-order valence-electron chi connectivity index (χ4n) is 3.72. The highest BCUT2D eigenvalue weighted by molar-refractivity contribution is 7.89. The topological polar surface area (TPSA) is 73.0 Å². The zero-order chi connectivity index (χ0) is 22.3. The molecule has 0 spiro atoms. The van der Waals surface area contributed by atoms with Crippen LogP contribution in [0.25, 0.3) is 0 Å². The highest BCUT2D eigenvalue weighted by Gasteiger charge is 2.29. The van der Waals surface area contributed by atoms with Crippen molar-refractivity contribution >= 4 is 21.6 Å². The van der Waals surface area contributed by atoms with Crippen molar-refractivity contribution in [2.24, 2.45) is 0 Å². The zero-order valence-electron chi connectivity index (χ0n) is 18.3. The van der Waals surface area contributed by atoms with E-state index in [0.29, 0.717) is 31.1 Å². The minimum absolute atomic E-state index is 0.0191. The van der Waals surface area contributed by atoms with E-state index in [2.05, 4.69) is 30.1 Å². The molecule has 1 saturated heterocycles. The number of hydrogen-bond acceptors (Lipinski definition) is 5. The van der Waals surface area contributed by atoms with E-state index in [4.69, 9.17) is 0 Å². The second kappa shape index (κ2) is 10.7. The minimum Gasteiger partial charge on any atom is -0.376 e. The Balaban J connectivity index is 1.54. The Bertz CT molecular complexity index is 954. The molecule has 2 aromatic carbocycles. The van der Waals surface area contributed by atoms with Gasteiger partial charge >= 0.3 is 0 Å². The molecule has 1 amide bonds. The van der Waals surface area contributed by atoms with Gasteiger partial charge in [0.15, 0.2) is 0 Å². The molecule has 0 radical (unpaired) electrons. The summed E-state index contributed by atoms with van der Waals surface area (Å²) >= 11 is 0. The number of carbonyl (C=O) groups excluding carboxylic acids is 1. The van der Waals surface area contributed by atoms with Crippen LogP contribution in [0.4, 0.5) is 5.69 Å². The molecule has 0 unspecified atom stereocenters. The van der Waals surface area contributed by atoms with Gasteiger partial charge in [0.2, 0.25) is 15.9 Å². The summed E-state index contributed by atoms with van der Waals surface area (Å²) in [5, 5.41) is 3.28. The highest BCUT2D eigenvalue weighted by Crippen LogP contribution is 2.19. The van der Waals surface area contributed by atoms with Gasteiger partial charge < -0.3 is 10.2 Å². The Kier molecular flexibility index (Phi) is 8.06. The van der Waals surface area contributed by atoms with E-state index in [-0.39, 0.29) is 12.5 Å². The third-order valence-corrected chi connectivity index (χ3v) is 7.62. The van der Waals surface area contributed by atoms with E-state index in [1.54, 1.807) is 35.2 Å². The number of rotatable bonds is 9. The monoisotopic (exact) mass is 444 g/mol. The quantitative estimate of drug-likeness (QED) is 0.643. The van der Waals surface area contributed by atoms with Crippen LogP contribution in [0.2, 0.25) is 0 Å². The predicted octanol–water partition coefficient (Wildman–Crippen LogP) is 2.47. The first-order valence-electron chi connectivity index (χ1n) is 10.8. The summed E-state index contributed by atoms with van der Waals surface area (Å²) in [6, 6.07) is 16.5. The summed E-state index contributed by atoms with van der Waals surface area (Å²) in [5.41, 5.74) is 2.13. The van der Waals surface area contributed by atoms with Crippen molar-refractivity contribution in [1.29, 1.82) is 0 Å². The molecule has 1 aliphatic heterocycles. The van der Waals surface area contributed by atoms with Crippen molar-refractivity contribution in [3.05, 3.63) is 60.2 Å². The fraction of sp³-hybridized carbons (Fsp3) is 0.435. The lowest BCUT2D eigenvalue weighted by atomic mass is 10.1. The maximum atomic E-state index is 12.8. The maximum absolute atomic E-state index is 12.8. The van der Waals surface area contributed by atoms with E-state index in [1.807, 2.05) is 18.2 Å². The molecule has 31 heavy (non-hydrogen) atoms. The van der Waals surface area contributed by atoms with Gasteiger partial charge in [0.05, 0.1) is 11.4 Å². The normalized spacial score (nSPS) is 15.3. The lowest BCUT2D eigenvalue weighted by Gasteiger charge is -2.34. The molecule has 0 bridgehead atoms. The second-order valence-electron chi connectivity index (χ2n) is 7.57. The number of benzene rings is 2. The molecular weight excluding hydrogens is 412 g/mol. The van der Waals surface area contributed by atoms with Crippen LogP contribution in [0.15, 0.2) is 59.5 Å². The molecule has 1 fully saturated rings. The van der Waals surface area contributed by atoms with Crippen molar-refractivity contribution in [2.45, 2.75) is 25.3 Å². The van der Waals surface area contributed by atoms with Gasteiger partial charge in [-0.15, -0.1) is 0 Å². The van der Waals surface area contributed by atoms with E-state index >= 15 is 0 Å². The van der Waals surface area contributed by atoms with Crippen LogP contribution in [-0.2, 0) is 21.4 Å². The van der Waals surface area contributed by atoms with Gasteiger partial charge in [0.1, 0.15) is 0 Å². The Labute approximate surface area is 185 Å². The summed E-state index contributed by atoms with van der Waals surface area (Å²) in [5.74, 6) is -0.0191. The van der Waals surface area contributed by atoms with Crippen LogP contribution in [0.5, 0.6) is 0 Å². The number of piperazine rings is 1. The fourth-order valence-corrected chi connectivity index (χ4v) is 5.16. The molecule has 7 nitrogen and oxygen atoms in total. The van der Waals surface area contributed by atoms with Crippen LogP contribution < -0.4 is 5.32 Å². The van der Waals surface area contributed by atoms with Crippen molar-refractivity contribution in [3.8, 4) is 0 Å². The first-order valence-corrected chi connectivity index (χ1v) is 12.3. The average molecular weight is 445 g/mol. The van der Waals surface area contributed by atoms with E-state index in [9.17, 15) is 13.2 Å². The van der Waals surface area contributed by atoms with Crippen LogP contribution in [0.3, 0.4) is 0 Å². The number of nitrogens with one attached hydrogen (secondary N) is 1. The first kappa shape index (κ1) is 23.2. The van der Waals surface area contributed by atoms with Gasteiger partial charge in [-0.1, -0.05) is 50.2 Å². The SMILES string of the molecule is CCN(CC)Cc1ccccc1NCC(=O)N1CCN(S(=O)(=O)c2ccccc2)CC1. The number of hydrogen-bond donors (Lipinski definition) is 1. The molecule has 8 heteroatoms. The van der Waals surface area contributed by atoms with Gasteiger partial charge in [-0.05, 0) is 36.9 Å².